The molecular formula is C23H24N2O5. The van der Waals surface area contributed by atoms with Crippen molar-refractivity contribution in [3.63, 3.8) is 0 Å². The molecule has 1 fully saturated rings. The second-order valence-corrected chi connectivity index (χ2v) is 6.56. The number of amides is 2. The van der Waals surface area contributed by atoms with Crippen molar-refractivity contribution in [1.82, 2.24) is 4.90 Å². The van der Waals surface area contributed by atoms with E-state index >= 15 is 0 Å². The molecule has 2 amide bonds. The Morgan fingerprint density at radius 3 is 2.67 bits per heavy atom. The van der Waals surface area contributed by atoms with E-state index in [1.54, 1.807) is 47.4 Å². The normalized spacial score (nSPS) is 13.3. The second-order valence-electron chi connectivity index (χ2n) is 6.56. The van der Waals surface area contributed by atoms with Crippen LogP contribution in [-0.4, -0.2) is 56.2 Å². The quantitative estimate of drug-likeness (QED) is 0.713. The number of carbonyl (C=O) groups is 2. The van der Waals surface area contributed by atoms with Crippen LogP contribution in [0.5, 0.6) is 11.5 Å². The van der Waals surface area contributed by atoms with Gasteiger partial charge in [0.2, 0.25) is 0 Å². The number of hydrogen-bond donors (Lipinski definition) is 1. The van der Waals surface area contributed by atoms with E-state index in [0.29, 0.717) is 61.2 Å². The molecule has 3 rings (SSSR count). The predicted molar refractivity (Wildman–Crippen MR) is 113 cm³/mol. The van der Waals surface area contributed by atoms with Gasteiger partial charge in [-0.25, -0.2) is 0 Å². The van der Waals surface area contributed by atoms with E-state index in [4.69, 9.17) is 20.6 Å². The number of benzene rings is 2. The standard InChI is InChI=1S/C23H24N2O5/c1-3-17-6-5-7-19(14-17)24-23(27)18-8-9-20(21(15-18)29-4-2)30-16-22(26)25-10-12-28-13-11-25/h1,5-9,14-15H,4,10-13,16H2,2H3,(H,24,27). The molecule has 30 heavy (non-hydrogen) atoms. The van der Waals surface area contributed by atoms with E-state index < -0.39 is 0 Å². The number of rotatable bonds is 7. The maximum Gasteiger partial charge on any atom is 0.260 e. The summed E-state index contributed by atoms with van der Waals surface area (Å²) in [6.45, 7) is 4.29. The summed E-state index contributed by atoms with van der Waals surface area (Å²) < 4.78 is 16.5. The molecule has 1 N–H and O–H groups in total. The molecule has 7 nitrogen and oxygen atoms in total. The summed E-state index contributed by atoms with van der Waals surface area (Å²) >= 11 is 0. The Kier molecular flexibility index (Phi) is 7.30. The van der Waals surface area contributed by atoms with Crippen molar-refractivity contribution in [2.24, 2.45) is 0 Å². The molecule has 0 radical (unpaired) electrons. The molecule has 1 aliphatic heterocycles. The zero-order valence-corrected chi connectivity index (χ0v) is 16.8. The third-order valence-electron chi connectivity index (χ3n) is 4.51. The predicted octanol–water partition coefficient (Wildman–Crippen LogP) is 2.56. The van der Waals surface area contributed by atoms with Gasteiger partial charge >= 0.3 is 0 Å². The fourth-order valence-corrected chi connectivity index (χ4v) is 2.97. The Morgan fingerprint density at radius 1 is 1.13 bits per heavy atom. The SMILES string of the molecule is C#Cc1cccc(NC(=O)c2ccc(OCC(=O)N3CCOCC3)c(OCC)c2)c1. The second kappa shape index (κ2) is 10.3. The van der Waals surface area contributed by atoms with Gasteiger partial charge in [-0.1, -0.05) is 12.0 Å². The van der Waals surface area contributed by atoms with Gasteiger partial charge in [-0.3, -0.25) is 9.59 Å². The number of ether oxygens (including phenoxy) is 3. The molecule has 2 aromatic rings. The molecule has 0 aliphatic carbocycles. The summed E-state index contributed by atoms with van der Waals surface area (Å²) in [4.78, 5) is 26.6. The first-order valence-electron chi connectivity index (χ1n) is 9.74. The maximum absolute atomic E-state index is 12.6. The molecule has 156 valence electrons. The Morgan fingerprint density at radius 2 is 1.93 bits per heavy atom. The molecular weight excluding hydrogens is 384 g/mol. The minimum atomic E-state index is -0.305. The Bertz CT molecular complexity index is 945. The van der Waals surface area contributed by atoms with Gasteiger partial charge in [-0.15, -0.1) is 6.42 Å². The lowest BCUT2D eigenvalue weighted by atomic mass is 10.1. The Labute approximate surface area is 175 Å². The highest BCUT2D eigenvalue weighted by atomic mass is 16.5. The lowest BCUT2D eigenvalue weighted by molar-refractivity contribution is -0.137. The number of nitrogens with one attached hydrogen (secondary N) is 1. The first-order chi connectivity index (χ1) is 14.6. The first-order valence-corrected chi connectivity index (χ1v) is 9.74. The van der Waals surface area contributed by atoms with Gasteiger partial charge in [0.05, 0.1) is 19.8 Å². The molecule has 0 aromatic heterocycles. The highest BCUT2D eigenvalue weighted by Gasteiger charge is 2.19. The molecule has 1 aliphatic rings. The summed E-state index contributed by atoms with van der Waals surface area (Å²) in [5, 5.41) is 2.81. The van der Waals surface area contributed by atoms with Crippen molar-refractivity contribution in [3.05, 3.63) is 53.6 Å². The number of carbonyl (C=O) groups excluding carboxylic acids is 2. The molecule has 0 spiro atoms. The van der Waals surface area contributed by atoms with Crippen molar-refractivity contribution in [3.8, 4) is 23.8 Å². The average Bonchev–Trinajstić information content (AvgIpc) is 2.78. The van der Waals surface area contributed by atoms with E-state index in [2.05, 4.69) is 11.2 Å². The zero-order valence-electron chi connectivity index (χ0n) is 16.8. The summed E-state index contributed by atoms with van der Waals surface area (Å²) in [6.07, 6.45) is 5.40. The minimum absolute atomic E-state index is 0.107. The number of nitrogens with zero attached hydrogens (tertiary/aromatic N) is 1. The summed E-state index contributed by atoms with van der Waals surface area (Å²) in [7, 11) is 0. The van der Waals surface area contributed by atoms with Crippen molar-refractivity contribution < 1.29 is 23.8 Å². The van der Waals surface area contributed by atoms with Gasteiger partial charge in [0, 0.05) is 29.9 Å². The molecule has 2 aromatic carbocycles. The van der Waals surface area contributed by atoms with Crippen LogP contribution in [-0.2, 0) is 9.53 Å². The van der Waals surface area contributed by atoms with Gasteiger partial charge in [0.25, 0.3) is 11.8 Å². The highest BCUT2D eigenvalue weighted by Crippen LogP contribution is 2.29. The monoisotopic (exact) mass is 408 g/mol. The molecule has 0 saturated carbocycles. The van der Waals surface area contributed by atoms with Crippen LogP contribution in [0, 0.1) is 12.3 Å². The van der Waals surface area contributed by atoms with Crippen LogP contribution in [0.25, 0.3) is 0 Å². The van der Waals surface area contributed by atoms with Gasteiger partial charge in [-0.2, -0.15) is 0 Å². The van der Waals surface area contributed by atoms with E-state index in [9.17, 15) is 9.59 Å². The summed E-state index contributed by atoms with van der Waals surface area (Å²) in [5.74, 6) is 2.92. The third-order valence-corrected chi connectivity index (χ3v) is 4.51. The fourth-order valence-electron chi connectivity index (χ4n) is 2.97. The van der Waals surface area contributed by atoms with Gasteiger partial charge in [0.15, 0.2) is 18.1 Å². The first kappa shape index (κ1) is 21.2. The van der Waals surface area contributed by atoms with E-state index in [1.165, 1.54) is 0 Å². The van der Waals surface area contributed by atoms with Gasteiger partial charge < -0.3 is 24.4 Å². The van der Waals surface area contributed by atoms with Crippen LogP contribution < -0.4 is 14.8 Å². The van der Waals surface area contributed by atoms with E-state index in [1.807, 2.05) is 6.92 Å². The van der Waals surface area contributed by atoms with Gasteiger partial charge in [0.1, 0.15) is 0 Å². The zero-order chi connectivity index (χ0) is 21.3. The van der Waals surface area contributed by atoms with Crippen molar-refractivity contribution in [2.75, 3.05) is 44.8 Å². The van der Waals surface area contributed by atoms with E-state index in [-0.39, 0.29) is 18.4 Å². The third kappa shape index (κ3) is 5.52. The Balaban J connectivity index is 1.68. The van der Waals surface area contributed by atoms with Crippen molar-refractivity contribution in [1.29, 1.82) is 0 Å². The van der Waals surface area contributed by atoms with Crippen molar-refractivity contribution in [2.45, 2.75) is 6.92 Å². The lowest BCUT2D eigenvalue weighted by Crippen LogP contribution is -2.43. The largest absolute Gasteiger partial charge is 0.490 e. The summed E-state index contributed by atoms with van der Waals surface area (Å²) in [5.41, 5.74) is 1.68. The molecule has 7 heteroatoms. The number of terminal acetylenes is 1. The highest BCUT2D eigenvalue weighted by molar-refractivity contribution is 6.04. The van der Waals surface area contributed by atoms with Crippen LogP contribution >= 0.6 is 0 Å². The smallest absolute Gasteiger partial charge is 0.260 e. The van der Waals surface area contributed by atoms with Crippen LogP contribution in [0.3, 0.4) is 0 Å². The lowest BCUT2D eigenvalue weighted by Gasteiger charge is -2.26. The van der Waals surface area contributed by atoms with Crippen LogP contribution in [0.4, 0.5) is 5.69 Å². The number of hydrogen-bond acceptors (Lipinski definition) is 5. The molecule has 1 heterocycles. The fraction of sp³-hybridized carbons (Fsp3) is 0.304. The minimum Gasteiger partial charge on any atom is -0.490 e. The van der Waals surface area contributed by atoms with Crippen LogP contribution in [0.1, 0.15) is 22.8 Å². The topological polar surface area (TPSA) is 77.1 Å². The van der Waals surface area contributed by atoms with Crippen LogP contribution in [0.15, 0.2) is 42.5 Å². The van der Waals surface area contributed by atoms with Gasteiger partial charge in [-0.05, 0) is 43.3 Å². The average molecular weight is 408 g/mol. The van der Waals surface area contributed by atoms with Crippen LogP contribution in [0.2, 0.25) is 0 Å². The number of anilines is 1. The molecule has 0 bridgehead atoms. The Hall–Kier alpha value is -3.50. The molecule has 0 unspecified atom stereocenters. The van der Waals surface area contributed by atoms with E-state index in [0.717, 1.165) is 0 Å². The molecule has 1 saturated heterocycles. The number of morpholine rings is 1. The summed E-state index contributed by atoms with van der Waals surface area (Å²) in [6, 6.07) is 11.9. The molecule has 0 atom stereocenters. The maximum atomic E-state index is 12.6. The van der Waals surface area contributed by atoms with Crippen molar-refractivity contribution >= 4 is 17.5 Å².